The van der Waals surface area contributed by atoms with Crippen LogP contribution in [0.1, 0.15) is 47.8 Å². The van der Waals surface area contributed by atoms with Gasteiger partial charge in [-0.3, -0.25) is 19.0 Å². The second-order valence-corrected chi connectivity index (χ2v) is 8.50. The fourth-order valence-electron chi connectivity index (χ4n) is 2.82. The van der Waals surface area contributed by atoms with Crippen LogP contribution in [-0.4, -0.2) is 52.4 Å². The van der Waals surface area contributed by atoms with Gasteiger partial charge in [-0.15, -0.1) is 0 Å². The number of carbonyl (C=O) groups is 3. The van der Waals surface area contributed by atoms with Crippen molar-refractivity contribution in [1.29, 1.82) is 0 Å². The van der Waals surface area contributed by atoms with Crippen molar-refractivity contribution in [3.63, 3.8) is 0 Å². The minimum atomic E-state index is -1.18. The fraction of sp³-hybridized carbons (Fsp3) is 0.667. The summed E-state index contributed by atoms with van der Waals surface area (Å²) in [6, 6.07) is 1.38. The van der Waals surface area contributed by atoms with Crippen LogP contribution in [0.4, 0.5) is 5.82 Å². The molecular formula is C21H31N3O8. The highest BCUT2D eigenvalue weighted by molar-refractivity contribution is 5.73. The maximum atomic E-state index is 12.4. The van der Waals surface area contributed by atoms with Crippen molar-refractivity contribution in [2.45, 2.75) is 66.1 Å². The first-order chi connectivity index (χ1) is 14.9. The first-order valence-corrected chi connectivity index (χ1v) is 10.5. The molecule has 4 atom stereocenters. The third-order valence-corrected chi connectivity index (χ3v) is 4.72. The highest BCUT2D eigenvalue weighted by Gasteiger charge is 2.51. The Kier molecular flexibility index (Phi) is 8.37. The number of aromatic nitrogens is 2. The van der Waals surface area contributed by atoms with E-state index in [1.165, 1.54) is 12.3 Å². The van der Waals surface area contributed by atoms with Crippen molar-refractivity contribution in [2.24, 2.45) is 17.8 Å². The molecule has 2 heterocycles. The summed E-state index contributed by atoms with van der Waals surface area (Å²) in [5.74, 6) is -2.97. The van der Waals surface area contributed by atoms with E-state index in [1.54, 1.807) is 41.5 Å². The zero-order valence-corrected chi connectivity index (χ0v) is 19.1. The third kappa shape index (κ3) is 6.06. The quantitative estimate of drug-likeness (QED) is 0.447. The van der Waals surface area contributed by atoms with Crippen molar-refractivity contribution in [1.82, 2.24) is 9.55 Å². The average molecular weight is 453 g/mol. The predicted molar refractivity (Wildman–Crippen MR) is 112 cm³/mol. The van der Waals surface area contributed by atoms with E-state index >= 15 is 0 Å². The first kappa shape index (κ1) is 25.3. The van der Waals surface area contributed by atoms with E-state index in [0.717, 1.165) is 4.57 Å². The lowest BCUT2D eigenvalue weighted by Gasteiger charge is -2.26. The van der Waals surface area contributed by atoms with Crippen LogP contribution < -0.4 is 11.4 Å². The monoisotopic (exact) mass is 453 g/mol. The van der Waals surface area contributed by atoms with Gasteiger partial charge in [0.1, 0.15) is 18.5 Å². The molecule has 178 valence electrons. The SMILES string of the molecule is CC(C)C(=O)OCC1OC(n2ccc(N)nc2=O)C(OC(=O)C(C)C)C1OC(=O)C(C)C. The number of nitrogens with zero attached hydrogens (tertiary/aromatic N) is 2. The van der Waals surface area contributed by atoms with Crippen LogP contribution in [0, 0.1) is 17.8 Å². The lowest BCUT2D eigenvalue weighted by molar-refractivity contribution is -0.173. The number of ether oxygens (including phenoxy) is 4. The molecule has 1 aliphatic heterocycles. The number of hydrogen-bond acceptors (Lipinski definition) is 10. The van der Waals surface area contributed by atoms with Gasteiger partial charge in [0.25, 0.3) is 0 Å². The fourth-order valence-corrected chi connectivity index (χ4v) is 2.82. The van der Waals surface area contributed by atoms with Crippen molar-refractivity contribution < 1.29 is 33.3 Å². The van der Waals surface area contributed by atoms with Crippen LogP contribution in [0.5, 0.6) is 0 Å². The molecule has 0 aromatic carbocycles. The molecule has 1 fully saturated rings. The van der Waals surface area contributed by atoms with Crippen LogP contribution in [0.25, 0.3) is 0 Å². The van der Waals surface area contributed by atoms with Crippen LogP contribution in [0.15, 0.2) is 17.1 Å². The molecule has 0 bridgehead atoms. The van der Waals surface area contributed by atoms with Crippen LogP contribution in [0.2, 0.25) is 0 Å². The van der Waals surface area contributed by atoms with Gasteiger partial charge < -0.3 is 24.7 Å². The first-order valence-electron chi connectivity index (χ1n) is 10.5. The summed E-state index contributed by atoms with van der Waals surface area (Å²) in [6.45, 7) is 9.64. The molecule has 11 heteroatoms. The highest BCUT2D eigenvalue weighted by atomic mass is 16.7. The van der Waals surface area contributed by atoms with Crippen LogP contribution in [0.3, 0.4) is 0 Å². The topological polar surface area (TPSA) is 149 Å². The smallest absolute Gasteiger partial charge is 0.351 e. The number of nitrogen functional groups attached to an aromatic ring is 1. The van der Waals surface area contributed by atoms with Gasteiger partial charge in [0.2, 0.25) is 0 Å². The molecule has 0 amide bonds. The molecule has 1 saturated heterocycles. The molecule has 1 aromatic heterocycles. The second-order valence-electron chi connectivity index (χ2n) is 8.50. The molecule has 0 radical (unpaired) electrons. The Morgan fingerprint density at radius 1 is 1.00 bits per heavy atom. The molecule has 4 unspecified atom stereocenters. The molecule has 32 heavy (non-hydrogen) atoms. The molecule has 11 nitrogen and oxygen atoms in total. The Morgan fingerprint density at radius 3 is 2.03 bits per heavy atom. The Morgan fingerprint density at radius 2 is 1.53 bits per heavy atom. The van der Waals surface area contributed by atoms with Gasteiger partial charge in [0.15, 0.2) is 18.4 Å². The van der Waals surface area contributed by atoms with Crippen LogP contribution >= 0.6 is 0 Å². The number of rotatable bonds is 8. The number of nitrogens with two attached hydrogens (primary N) is 1. The van der Waals surface area contributed by atoms with Crippen LogP contribution in [-0.2, 0) is 33.3 Å². The number of carbonyl (C=O) groups excluding carboxylic acids is 3. The molecule has 1 aromatic rings. The van der Waals surface area contributed by atoms with Crippen molar-refractivity contribution in [3.8, 4) is 0 Å². The van der Waals surface area contributed by atoms with E-state index in [1.807, 2.05) is 0 Å². The summed E-state index contributed by atoms with van der Waals surface area (Å²) < 4.78 is 23.5. The number of hydrogen-bond donors (Lipinski definition) is 1. The lowest BCUT2D eigenvalue weighted by atomic mass is 10.1. The lowest BCUT2D eigenvalue weighted by Crippen LogP contribution is -2.43. The summed E-state index contributed by atoms with van der Waals surface area (Å²) in [7, 11) is 0. The van der Waals surface area contributed by atoms with Gasteiger partial charge in [0, 0.05) is 6.20 Å². The standard InChI is InChI=1S/C21H31N3O8/c1-10(2)18(25)29-9-13-15(31-19(26)11(3)4)16(32-20(27)12(5)6)17(30-13)24-8-7-14(22)23-21(24)28/h7-8,10-13,15-17H,9H2,1-6H3,(H2,22,23,28). The largest absolute Gasteiger partial charge is 0.463 e. The van der Waals surface area contributed by atoms with E-state index in [-0.39, 0.29) is 18.3 Å². The summed E-state index contributed by atoms with van der Waals surface area (Å²) >= 11 is 0. The van der Waals surface area contributed by atoms with E-state index in [0.29, 0.717) is 0 Å². The number of anilines is 1. The summed E-state index contributed by atoms with van der Waals surface area (Å²) in [6.07, 6.45) is -3.12. The highest BCUT2D eigenvalue weighted by Crippen LogP contribution is 2.34. The van der Waals surface area contributed by atoms with Gasteiger partial charge in [-0.2, -0.15) is 4.98 Å². The van der Waals surface area contributed by atoms with Gasteiger partial charge >= 0.3 is 23.6 Å². The summed E-state index contributed by atoms with van der Waals surface area (Å²) in [5, 5.41) is 0. The zero-order chi connectivity index (χ0) is 24.2. The molecule has 2 rings (SSSR count). The zero-order valence-electron chi connectivity index (χ0n) is 19.1. The molecule has 0 aliphatic carbocycles. The normalized spacial score (nSPS) is 22.9. The second kappa shape index (κ2) is 10.6. The molecule has 1 aliphatic rings. The molecule has 0 spiro atoms. The third-order valence-electron chi connectivity index (χ3n) is 4.72. The minimum absolute atomic E-state index is 0.00479. The average Bonchev–Trinajstić information content (AvgIpc) is 3.02. The minimum Gasteiger partial charge on any atom is -0.463 e. The van der Waals surface area contributed by atoms with E-state index in [2.05, 4.69) is 4.98 Å². The molecule has 2 N–H and O–H groups in total. The molecule has 0 saturated carbocycles. The van der Waals surface area contributed by atoms with Gasteiger partial charge in [-0.05, 0) is 6.07 Å². The van der Waals surface area contributed by atoms with E-state index in [4.69, 9.17) is 24.7 Å². The van der Waals surface area contributed by atoms with Gasteiger partial charge in [-0.1, -0.05) is 41.5 Å². The van der Waals surface area contributed by atoms with Crippen molar-refractivity contribution in [2.75, 3.05) is 12.3 Å². The summed E-state index contributed by atoms with van der Waals surface area (Å²) in [5.41, 5.74) is 4.83. The van der Waals surface area contributed by atoms with Gasteiger partial charge in [-0.25, -0.2) is 4.79 Å². The van der Waals surface area contributed by atoms with Gasteiger partial charge in [0.05, 0.1) is 17.8 Å². The summed E-state index contributed by atoms with van der Waals surface area (Å²) in [4.78, 5) is 52.9. The van der Waals surface area contributed by atoms with Crippen molar-refractivity contribution >= 4 is 23.7 Å². The predicted octanol–water partition coefficient (Wildman–Crippen LogP) is 1.06. The Balaban J connectivity index is 2.45. The Bertz CT molecular complexity index is 895. The van der Waals surface area contributed by atoms with E-state index < -0.39 is 60.0 Å². The number of esters is 3. The Labute approximate surface area is 186 Å². The Hall–Kier alpha value is -2.95. The molecular weight excluding hydrogens is 422 g/mol. The van der Waals surface area contributed by atoms with E-state index in [9.17, 15) is 19.2 Å². The maximum absolute atomic E-state index is 12.4. The maximum Gasteiger partial charge on any atom is 0.351 e. The van der Waals surface area contributed by atoms with Crippen molar-refractivity contribution in [3.05, 3.63) is 22.7 Å².